The van der Waals surface area contributed by atoms with Crippen LogP contribution < -0.4 is 5.32 Å². The summed E-state index contributed by atoms with van der Waals surface area (Å²) in [5.74, 6) is 0.963. The van der Waals surface area contributed by atoms with Crippen molar-refractivity contribution in [1.29, 1.82) is 0 Å². The van der Waals surface area contributed by atoms with Gasteiger partial charge in [0.25, 0.3) is 0 Å². The van der Waals surface area contributed by atoms with Gasteiger partial charge in [-0.15, -0.1) is 0 Å². The fraction of sp³-hybridized carbons (Fsp3) is 0.238. The largest absolute Gasteiger partial charge is 0.361 e. The van der Waals surface area contributed by atoms with Gasteiger partial charge in [0, 0.05) is 23.1 Å². The van der Waals surface area contributed by atoms with E-state index in [1.54, 1.807) is 0 Å². The average Bonchev–Trinajstić information content (AvgIpc) is 3.32. The lowest BCUT2D eigenvalue weighted by atomic mass is 10.1. The number of nitrogens with one attached hydrogen (secondary N) is 2. The van der Waals surface area contributed by atoms with Crippen molar-refractivity contribution >= 4 is 27.8 Å². The topological polar surface area (TPSA) is 62.7 Å². The quantitative estimate of drug-likeness (QED) is 0.580. The molecule has 1 saturated carbocycles. The van der Waals surface area contributed by atoms with Gasteiger partial charge in [-0.2, -0.15) is 0 Å². The van der Waals surface area contributed by atoms with E-state index in [0.717, 1.165) is 33.3 Å². The summed E-state index contributed by atoms with van der Waals surface area (Å²) in [6, 6.07) is 16.8. The molecule has 2 aromatic heterocycles. The lowest BCUT2D eigenvalue weighted by molar-refractivity contribution is -0.120. The number of aromatic amines is 1. The molecule has 0 radical (unpaired) electrons. The molecule has 5 heteroatoms. The molecule has 130 valence electrons. The maximum atomic E-state index is 12.5. The molecule has 5 rings (SSSR count). The summed E-state index contributed by atoms with van der Waals surface area (Å²) >= 11 is 0. The number of fused-ring (bicyclic) bond motifs is 2. The van der Waals surface area contributed by atoms with Gasteiger partial charge in [0.05, 0.1) is 24.0 Å². The van der Waals surface area contributed by atoms with E-state index in [1.165, 1.54) is 12.8 Å². The average molecular weight is 344 g/mol. The molecule has 2 heterocycles. The molecular weight excluding hydrogens is 324 g/mol. The maximum absolute atomic E-state index is 12.5. The van der Waals surface area contributed by atoms with E-state index in [9.17, 15) is 4.79 Å². The number of aromatic nitrogens is 3. The van der Waals surface area contributed by atoms with Crippen LogP contribution in [-0.2, 0) is 17.8 Å². The summed E-state index contributed by atoms with van der Waals surface area (Å²) in [7, 11) is 0. The molecule has 0 unspecified atom stereocenters. The van der Waals surface area contributed by atoms with Gasteiger partial charge in [0.15, 0.2) is 0 Å². The van der Waals surface area contributed by atoms with Crippen LogP contribution >= 0.6 is 0 Å². The smallest absolute Gasteiger partial charge is 0.224 e. The van der Waals surface area contributed by atoms with Gasteiger partial charge in [-0.05, 0) is 36.6 Å². The SMILES string of the molecule is O=C(Cc1c[nH]c2ccccc12)NCc1nc2ccccc2n1C1CC1. The molecule has 0 saturated heterocycles. The Morgan fingerprint density at radius 2 is 1.96 bits per heavy atom. The van der Waals surface area contributed by atoms with Crippen molar-refractivity contribution in [2.24, 2.45) is 0 Å². The zero-order chi connectivity index (χ0) is 17.5. The highest BCUT2D eigenvalue weighted by Gasteiger charge is 2.28. The van der Waals surface area contributed by atoms with Crippen LogP contribution in [0.25, 0.3) is 21.9 Å². The van der Waals surface area contributed by atoms with Crippen LogP contribution in [0.4, 0.5) is 0 Å². The van der Waals surface area contributed by atoms with E-state index in [1.807, 2.05) is 48.7 Å². The molecule has 1 amide bonds. The third-order valence-electron chi connectivity index (χ3n) is 5.05. The first-order chi connectivity index (χ1) is 12.8. The first-order valence-electron chi connectivity index (χ1n) is 9.07. The number of hydrogen-bond donors (Lipinski definition) is 2. The van der Waals surface area contributed by atoms with Crippen molar-refractivity contribution in [3.63, 3.8) is 0 Å². The molecule has 26 heavy (non-hydrogen) atoms. The van der Waals surface area contributed by atoms with Crippen molar-refractivity contribution in [3.8, 4) is 0 Å². The Morgan fingerprint density at radius 1 is 1.15 bits per heavy atom. The predicted octanol–water partition coefficient (Wildman–Crippen LogP) is 3.71. The van der Waals surface area contributed by atoms with Crippen molar-refractivity contribution in [2.45, 2.75) is 31.8 Å². The summed E-state index contributed by atoms with van der Waals surface area (Å²) in [5.41, 5.74) is 4.25. The lowest BCUT2D eigenvalue weighted by Crippen LogP contribution is -2.26. The van der Waals surface area contributed by atoms with E-state index in [-0.39, 0.29) is 5.91 Å². The third kappa shape index (κ3) is 2.65. The van der Waals surface area contributed by atoms with Crippen molar-refractivity contribution in [1.82, 2.24) is 19.9 Å². The molecular formula is C21H20N4O. The zero-order valence-corrected chi connectivity index (χ0v) is 14.4. The Bertz CT molecular complexity index is 1100. The zero-order valence-electron chi connectivity index (χ0n) is 14.4. The van der Waals surface area contributed by atoms with E-state index in [0.29, 0.717) is 19.0 Å². The number of benzene rings is 2. The second kappa shape index (κ2) is 6.02. The summed E-state index contributed by atoms with van der Waals surface area (Å²) in [5, 5.41) is 4.15. The van der Waals surface area contributed by atoms with E-state index in [4.69, 9.17) is 4.98 Å². The van der Waals surface area contributed by atoms with Crippen molar-refractivity contribution in [2.75, 3.05) is 0 Å². The molecule has 0 bridgehead atoms. The number of carbonyl (C=O) groups is 1. The summed E-state index contributed by atoms with van der Waals surface area (Å²) in [6.45, 7) is 0.465. The van der Waals surface area contributed by atoms with Gasteiger partial charge in [0.2, 0.25) is 5.91 Å². The Hall–Kier alpha value is -3.08. The number of para-hydroxylation sites is 3. The normalized spacial score (nSPS) is 14.2. The maximum Gasteiger partial charge on any atom is 0.224 e. The standard InChI is InChI=1S/C21H20N4O/c26-21(11-14-12-22-17-6-2-1-5-16(14)17)23-13-20-24-18-7-3-4-8-19(18)25(20)15-9-10-15/h1-8,12,15,22H,9-11,13H2,(H,23,26). The number of amides is 1. The molecule has 2 aromatic carbocycles. The number of hydrogen-bond acceptors (Lipinski definition) is 2. The number of carbonyl (C=O) groups excluding carboxylic acids is 1. The molecule has 0 atom stereocenters. The number of H-pyrrole nitrogens is 1. The molecule has 2 N–H and O–H groups in total. The monoisotopic (exact) mass is 344 g/mol. The Balaban J connectivity index is 1.34. The molecule has 0 aliphatic heterocycles. The summed E-state index contributed by atoms with van der Waals surface area (Å²) in [4.78, 5) is 20.4. The molecule has 1 fully saturated rings. The van der Waals surface area contributed by atoms with Gasteiger partial charge in [-0.1, -0.05) is 30.3 Å². The molecule has 4 aromatic rings. The first kappa shape index (κ1) is 15.2. The lowest BCUT2D eigenvalue weighted by Gasteiger charge is -2.09. The van der Waals surface area contributed by atoms with Crippen LogP contribution in [0, 0.1) is 0 Å². The Kier molecular flexibility index (Phi) is 3.52. The van der Waals surface area contributed by atoms with Gasteiger partial charge in [-0.3, -0.25) is 4.79 Å². The number of imidazole rings is 1. The highest BCUT2D eigenvalue weighted by molar-refractivity contribution is 5.88. The van der Waals surface area contributed by atoms with Crippen LogP contribution in [-0.4, -0.2) is 20.4 Å². The highest BCUT2D eigenvalue weighted by atomic mass is 16.1. The van der Waals surface area contributed by atoms with E-state index >= 15 is 0 Å². The van der Waals surface area contributed by atoms with Gasteiger partial charge >= 0.3 is 0 Å². The van der Waals surface area contributed by atoms with Crippen LogP contribution in [0.15, 0.2) is 54.7 Å². The molecule has 1 aliphatic rings. The van der Waals surface area contributed by atoms with Crippen molar-refractivity contribution in [3.05, 3.63) is 66.1 Å². The number of rotatable bonds is 5. The van der Waals surface area contributed by atoms with Crippen LogP contribution in [0.2, 0.25) is 0 Å². The Labute approximate surface area is 151 Å². The minimum Gasteiger partial charge on any atom is -0.361 e. The second-order valence-corrected chi connectivity index (χ2v) is 6.93. The van der Waals surface area contributed by atoms with Crippen molar-refractivity contribution < 1.29 is 4.79 Å². The van der Waals surface area contributed by atoms with Crippen LogP contribution in [0.3, 0.4) is 0 Å². The highest BCUT2D eigenvalue weighted by Crippen LogP contribution is 2.38. The fourth-order valence-corrected chi connectivity index (χ4v) is 3.65. The van der Waals surface area contributed by atoms with Gasteiger partial charge in [-0.25, -0.2) is 4.98 Å². The second-order valence-electron chi connectivity index (χ2n) is 6.93. The van der Waals surface area contributed by atoms with E-state index < -0.39 is 0 Å². The molecule has 1 aliphatic carbocycles. The van der Waals surface area contributed by atoms with Crippen LogP contribution in [0.1, 0.15) is 30.3 Å². The summed E-state index contributed by atoms with van der Waals surface area (Å²) in [6.07, 6.45) is 4.67. The third-order valence-corrected chi connectivity index (χ3v) is 5.05. The fourth-order valence-electron chi connectivity index (χ4n) is 3.65. The predicted molar refractivity (Wildman–Crippen MR) is 102 cm³/mol. The van der Waals surface area contributed by atoms with Gasteiger partial charge in [0.1, 0.15) is 5.82 Å². The Morgan fingerprint density at radius 3 is 2.85 bits per heavy atom. The minimum atomic E-state index is 0.0177. The van der Waals surface area contributed by atoms with E-state index in [2.05, 4.69) is 20.9 Å². The summed E-state index contributed by atoms with van der Waals surface area (Å²) < 4.78 is 2.29. The molecule has 0 spiro atoms. The molecule has 5 nitrogen and oxygen atoms in total. The van der Waals surface area contributed by atoms with Gasteiger partial charge < -0.3 is 14.9 Å². The first-order valence-corrected chi connectivity index (χ1v) is 9.07. The minimum absolute atomic E-state index is 0.0177. The number of nitrogens with zero attached hydrogens (tertiary/aromatic N) is 2. The van der Waals surface area contributed by atoms with Crippen LogP contribution in [0.5, 0.6) is 0 Å².